The Labute approximate surface area is 145 Å². The molecule has 134 valence electrons. The molecule has 1 heterocycles. The van der Waals surface area contributed by atoms with Crippen LogP contribution in [0.1, 0.15) is 43.0 Å². The monoisotopic (exact) mass is 346 g/mol. The standard InChI is InChI=1S/C17H22N4O4/c1-11-3-2-8-20(10-11)14-7-6-13(9-15(14)21(24)25)17(23)19-18-16(22)12-4-5-12/h6-7,9,11-12H,2-5,8,10H2,1H3,(H,18,22)(H,19,23). The summed E-state index contributed by atoms with van der Waals surface area (Å²) < 4.78 is 0. The minimum Gasteiger partial charge on any atom is -0.366 e. The molecule has 2 fully saturated rings. The lowest BCUT2D eigenvalue weighted by atomic mass is 9.99. The maximum atomic E-state index is 12.1. The van der Waals surface area contributed by atoms with Gasteiger partial charge in [0.25, 0.3) is 11.6 Å². The van der Waals surface area contributed by atoms with Gasteiger partial charge in [0, 0.05) is 30.6 Å². The third-order valence-electron chi connectivity index (χ3n) is 4.68. The summed E-state index contributed by atoms with van der Waals surface area (Å²) in [5.74, 6) is -0.329. The fourth-order valence-corrected chi connectivity index (χ4v) is 3.12. The van der Waals surface area contributed by atoms with E-state index in [1.54, 1.807) is 12.1 Å². The van der Waals surface area contributed by atoms with Gasteiger partial charge in [0.1, 0.15) is 5.69 Å². The summed E-state index contributed by atoms with van der Waals surface area (Å²) in [5.41, 5.74) is 5.27. The lowest BCUT2D eigenvalue weighted by Gasteiger charge is -2.32. The van der Waals surface area contributed by atoms with Gasteiger partial charge in [0.05, 0.1) is 4.92 Å². The first-order valence-electron chi connectivity index (χ1n) is 8.59. The quantitative estimate of drug-likeness (QED) is 0.641. The van der Waals surface area contributed by atoms with E-state index in [1.807, 2.05) is 4.90 Å². The molecule has 1 aliphatic carbocycles. The van der Waals surface area contributed by atoms with Crippen molar-refractivity contribution in [3.8, 4) is 0 Å². The van der Waals surface area contributed by atoms with Crippen LogP contribution < -0.4 is 15.8 Å². The first-order chi connectivity index (χ1) is 12.0. The van der Waals surface area contributed by atoms with Gasteiger partial charge in [0.2, 0.25) is 5.91 Å². The second-order valence-corrected chi connectivity index (χ2v) is 6.87. The first kappa shape index (κ1) is 17.2. The number of hydrogen-bond donors (Lipinski definition) is 2. The maximum absolute atomic E-state index is 12.1. The van der Waals surface area contributed by atoms with Crippen molar-refractivity contribution in [2.75, 3.05) is 18.0 Å². The molecular weight excluding hydrogens is 324 g/mol. The Morgan fingerprint density at radius 3 is 2.64 bits per heavy atom. The van der Waals surface area contributed by atoms with Crippen LogP contribution in [0.2, 0.25) is 0 Å². The lowest BCUT2D eigenvalue weighted by Crippen LogP contribution is -2.42. The molecule has 8 heteroatoms. The van der Waals surface area contributed by atoms with Crippen molar-refractivity contribution in [2.24, 2.45) is 11.8 Å². The Bertz CT molecular complexity index is 702. The molecule has 1 aliphatic heterocycles. The largest absolute Gasteiger partial charge is 0.366 e. The molecule has 0 radical (unpaired) electrons. The lowest BCUT2D eigenvalue weighted by molar-refractivity contribution is -0.384. The van der Waals surface area contributed by atoms with Crippen molar-refractivity contribution in [1.29, 1.82) is 0 Å². The van der Waals surface area contributed by atoms with Crippen molar-refractivity contribution in [2.45, 2.75) is 32.6 Å². The molecule has 0 aromatic heterocycles. The highest BCUT2D eigenvalue weighted by atomic mass is 16.6. The van der Waals surface area contributed by atoms with Crippen LogP contribution in [0.3, 0.4) is 0 Å². The van der Waals surface area contributed by atoms with Crippen LogP contribution in [0.5, 0.6) is 0 Å². The third-order valence-corrected chi connectivity index (χ3v) is 4.68. The molecule has 1 atom stereocenters. The van der Waals surface area contributed by atoms with Gasteiger partial charge in [-0.15, -0.1) is 0 Å². The zero-order valence-electron chi connectivity index (χ0n) is 14.2. The van der Waals surface area contributed by atoms with Crippen LogP contribution in [0.25, 0.3) is 0 Å². The van der Waals surface area contributed by atoms with E-state index in [-0.39, 0.29) is 23.1 Å². The Morgan fingerprint density at radius 1 is 1.24 bits per heavy atom. The Balaban J connectivity index is 1.74. The molecule has 1 saturated heterocycles. The summed E-state index contributed by atoms with van der Waals surface area (Å²) in [6, 6.07) is 4.45. The topological polar surface area (TPSA) is 105 Å². The van der Waals surface area contributed by atoms with E-state index in [4.69, 9.17) is 0 Å². The van der Waals surface area contributed by atoms with Crippen LogP contribution >= 0.6 is 0 Å². The Kier molecular flexibility index (Phi) is 4.87. The van der Waals surface area contributed by atoms with E-state index in [1.165, 1.54) is 6.07 Å². The zero-order chi connectivity index (χ0) is 18.0. The number of nitrogens with zero attached hydrogens (tertiary/aromatic N) is 2. The molecule has 3 rings (SSSR count). The number of piperidine rings is 1. The smallest absolute Gasteiger partial charge is 0.293 e. The third kappa shape index (κ3) is 4.07. The molecule has 1 unspecified atom stereocenters. The number of nitro benzene ring substituents is 1. The maximum Gasteiger partial charge on any atom is 0.293 e. The van der Waals surface area contributed by atoms with Gasteiger partial charge < -0.3 is 4.90 Å². The zero-order valence-corrected chi connectivity index (χ0v) is 14.2. The second kappa shape index (κ2) is 7.08. The fraction of sp³-hybridized carbons (Fsp3) is 0.529. The average Bonchev–Trinajstić information content (AvgIpc) is 3.44. The molecule has 2 aliphatic rings. The number of amides is 2. The number of benzene rings is 1. The van der Waals surface area contributed by atoms with E-state index in [9.17, 15) is 19.7 Å². The molecule has 2 N–H and O–H groups in total. The van der Waals surface area contributed by atoms with E-state index >= 15 is 0 Å². The normalized spacial score (nSPS) is 20.0. The molecule has 0 bridgehead atoms. The van der Waals surface area contributed by atoms with Gasteiger partial charge in [-0.05, 0) is 43.7 Å². The molecule has 8 nitrogen and oxygen atoms in total. The second-order valence-electron chi connectivity index (χ2n) is 6.87. The molecule has 1 aromatic carbocycles. The van der Waals surface area contributed by atoms with Crippen LogP contribution in [0.4, 0.5) is 11.4 Å². The molecule has 25 heavy (non-hydrogen) atoms. The number of anilines is 1. The highest BCUT2D eigenvalue weighted by Crippen LogP contribution is 2.32. The number of nitrogens with one attached hydrogen (secondary N) is 2. The SMILES string of the molecule is CC1CCCN(c2ccc(C(=O)NNC(=O)C3CC3)cc2[N+](=O)[O-])C1. The predicted octanol–water partition coefficient (Wildman–Crippen LogP) is 2.00. The predicted molar refractivity (Wildman–Crippen MR) is 92.0 cm³/mol. The Morgan fingerprint density at radius 2 is 2.00 bits per heavy atom. The molecule has 1 saturated carbocycles. The van der Waals surface area contributed by atoms with Crippen LogP contribution in [-0.2, 0) is 4.79 Å². The number of hydrazine groups is 1. The number of carbonyl (C=O) groups is 2. The Hall–Kier alpha value is -2.64. The number of nitro groups is 1. The molecular formula is C17H22N4O4. The van der Waals surface area contributed by atoms with E-state index in [0.717, 1.165) is 38.8 Å². The van der Waals surface area contributed by atoms with E-state index in [2.05, 4.69) is 17.8 Å². The van der Waals surface area contributed by atoms with Crippen molar-refractivity contribution < 1.29 is 14.5 Å². The minimum absolute atomic E-state index is 0.0295. The van der Waals surface area contributed by atoms with Crippen LogP contribution in [0.15, 0.2) is 18.2 Å². The highest BCUT2D eigenvalue weighted by Gasteiger charge is 2.30. The van der Waals surface area contributed by atoms with Crippen molar-refractivity contribution in [3.63, 3.8) is 0 Å². The van der Waals surface area contributed by atoms with E-state index < -0.39 is 10.8 Å². The first-order valence-corrected chi connectivity index (χ1v) is 8.59. The summed E-state index contributed by atoms with van der Waals surface area (Å²) >= 11 is 0. The number of carbonyl (C=O) groups excluding carboxylic acids is 2. The van der Waals surface area contributed by atoms with Crippen LogP contribution in [0, 0.1) is 22.0 Å². The van der Waals surface area contributed by atoms with Crippen molar-refractivity contribution in [1.82, 2.24) is 10.9 Å². The summed E-state index contributed by atoms with van der Waals surface area (Å²) in [6.45, 7) is 3.67. The fourth-order valence-electron chi connectivity index (χ4n) is 3.12. The number of hydrogen-bond acceptors (Lipinski definition) is 5. The van der Waals surface area contributed by atoms with Gasteiger partial charge in [0.15, 0.2) is 0 Å². The summed E-state index contributed by atoms with van der Waals surface area (Å²) in [6.07, 6.45) is 3.77. The van der Waals surface area contributed by atoms with Gasteiger partial charge in [-0.2, -0.15) is 0 Å². The summed E-state index contributed by atoms with van der Waals surface area (Å²) in [4.78, 5) is 36.7. The van der Waals surface area contributed by atoms with Gasteiger partial charge >= 0.3 is 0 Å². The summed E-state index contributed by atoms with van der Waals surface area (Å²) in [7, 11) is 0. The molecule has 1 aromatic rings. The van der Waals surface area contributed by atoms with Gasteiger partial charge in [-0.3, -0.25) is 30.6 Å². The average molecular weight is 346 g/mol. The molecule has 2 amide bonds. The highest BCUT2D eigenvalue weighted by molar-refractivity contribution is 5.97. The summed E-state index contributed by atoms with van der Waals surface area (Å²) in [5, 5.41) is 11.5. The number of rotatable bonds is 4. The van der Waals surface area contributed by atoms with E-state index in [0.29, 0.717) is 11.6 Å². The van der Waals surface area contributed by atoms with Gasteiger partial charge in [-0.1, -0.05) is 6.92 Å². The van der Waals surface area contributed by atoms with Crippen molar-refractivity contribution >= 4 is 23.2 Å². The van der Waals surface area contributed by atoms with Crippen LogP contribution in [-0.4, -0.2) is 29.8 Å². The molecule has 0 spiro atoms. The van der Waals surface area contributed by atoms with Crippen molar-refractivity contribution in [3.05, 3.63) is 33.9 Å². The minimum atomic E-state index is -0.560. The van der Waals surface area contributed by atoms with Gasteiger partial charge in [-0.25, -0.2) is 0 Å².